The first-order valence-electron chi connectivity index (χ1n) is 12.3. The number of aryl methyl sites for hydroxylation is 3. The summed E-state index contributed by atoms with van der Waals surface area (Å²) in [5.41, 5.74) is 0.338. The van der Waals surface area contributed by atoms with Crippen molar-refractivity contribution in [3.05, 3.63) is 75.8 Å². The van der Waals surface area contributed by atoms with Crippen molar-refractivity contribution in [1.82, 2.24) is 0 Å². The van der Waals surface area contributed by atoms with Crippen molar-refractivity contribution in [2.45, 2.75) is 63.6 Å². The highest BCUT2D eigenvalue weighted by Gasteiger charge is 2.47. The largest absolute Gasteiger partial charge is 0.507 e. The third-order valence-electron chi connectivity index (χ3n) is 7.10. The Balaban J connectivity index is 1.45. The summed E-state index contributed by atoms with van der Waals surface area (Å²) in [7, 11) is -4.21. The van der Waals surface area contributed by atoms with Crippen molar-refractivity contribution in [2.75, 3.05) is 6.61 Å². The Morgan fingerprint density at radius 3 is 2.34 bits per heavy atom. The molecule has 9 heteroatoms. The van der Waals surface area contributed by atoms with Crippen LogP contribution in [0, 0.1) is 20.8 Å². The van der Waals surface area contributed by atoms with E-state index in [1.165, 1.54) is 12.1 Å². The summed E-state index contributed by atoms with van der Waals surface area (Å²) < 4.78 is 43.3. The highest BCUT2D eigenvalue weighted by atomic mass is 32.2. The minimum absolute atomic E-state index is 0.0495. The lowest BCUT2D eigenvalue weighted by atomic mass is 9.82. The number of fused-ring (bicyclic) bond motifs is 3. The molecule has 3 aromatic carbocycles. The fourth-order valence-electron chi connectivity index (χ4n) is 5.37. The average molecular weight is 539 g/mol. The molecule has 1 unspecified atom stereocenters. The summed E-state index contributed by atoms with van der Waals surface area (Å²) in [6, 6.07) is 10.4. The predicted molar refractivity (Wildman–Crippen MR) is 140 cm³/mol. The maximum Gasteiger partial charge on any atom is 0.339 e. The number of Topliss-reactive ketones (excluding diaryl/α,β-unsaturated/α-hetero) is 1. The van der Waals surface area contributed by atoms with Gasteiger partial charge in [0, 0.05) is 17.2 Å². The van der Waals surface area contributed by atoms with Crippen molar-refractivity contribution in [3.8, 4) is 23.0 Å². The van der Waals surface area contributed by atoms with Gasteiger partial charge in [-0.2, -0.15) is 8.42 Å². The smallest absolute Gasteiger partial charge is 0.339 e. The molecule has 38 heavy (non-hydrogen) atoms. The molecule has 0 saturated heterocycles. The van der Waals surface area contributed by atoms with E-state index >= 15 is 0 Å². The van der Waals surface area contributed by atoms with E-state index in [-0.39, 0.29) is 27.4 Å². The number of aliphatic hydroxyl groups is 1. The van der Waals surface area contributed by atoms with Gasteiger partial charge in [0.05, 0.1) is 5.56 Å². The molecular formula is C29H30O8S. The molecule has 2 heterocycles. The van der Waals surface area contributed by atoms with Crippen LogP contribution in [0.1, 0.15) is 58.4 Å². The van der Waals surface area contributed by atoms with E-state index in [0.717, 1.165) is 23.6 Å². The maximum atomic E-state index is 13.5. The molecule has 1 atom stereocenters. The van der Waals surface area contributed by atoms with Crippen molar-refractivity contribution in [2.24, 2.45) is 0 Å². The molecule has 0 aliphatic carbocycles. The first-order valence-corrected chi connectivity index (χ1v) is 13.7. The second-order valence-corrected chi connectivity index (χ2v) is 12.2. The first kappa shape index (κ1) is 26.1. The Bertz CT molecular complexity index is 1570. The maximum absolute atomic E-state index is 13.5. The van der Waals surface area contributed by atoms with Crippen molar-refractivity contribution in [3.63, 3.8) is 0 Å². The molecule has 0 spiro atoms. The highest BCUT2D eigenvalue weighted by molar-refractivity contribution is 7.87. The van der Waals surface area contributed by atoms with E-state index in [0.29, 0.717) is 29.0 Å². The van der Waals surface area contributed by atoms with Crippen LogP contribution >= 0.6 is 0 Å². The number of hydrogen-bond donors (Lipinski definition) is 2. The van der Waals surface area contributed by atoms with Gasteiger partial charge >= 0.3 is 10.1 Å². The summed E-state index contributed by atoms with van der Waals surface area (Å²) >= 11 is 0. The molecule has 3 aromatic rings. The summed E-state index contributed by atoms with van der Waals surface area (Å²) in [6.07, 6.45) is 1.40. The highest BCUT2D eigenvalue weighted by Crippen LogP contribution is 2.46. The van der Waals surface area contributed by atoms with Crippen molar-refractivity contribution in [1.29, 1.82) is 0 Å². The Hall–Kier alpha value is -3.56. The van der Waals surface area contributed by atoms with Crippen LogP contribution in [-0.4, -0.2) is 36.6 Å². The molecule has 0 bridgehead atoms. The van der Waals surface area contributed by atoms with Gasteiger partial charge in [0.15, 0.2) is 5.60 Å². The SMILES string of the molecule is Cc1cc(C)c(S(=O)(=O)Oc2ccc(C3(O)COc4c(ccc5c4CCC(C)(C)O5)C3=O)c(O)c2)c(C)c1. The number of carbonyl (C=O) groups is 1. The van der Waals surface area contributed by atoms with Gasteiger partial charge in [-0.3, -0.25) is 4.79 Å². The quantitative estimate of drug-likeness (QED) is 0.461. The van der Waals surface area contributed by atoms with Gasteiger partial charge < -0.3 is 23.9 Å². The number of benzene rings is 3. The number of hydrogen-bond acceptors (Lipinski definition) is 8. The van der Waals surface area contributed by atoms with Crippen LogP contribution < -0.4 is 13.7 Å². The Morgan fingerprint density at radius 2 is 1.68 bits per heavy atom. The lowest BCUT2D eigenvalue weighted by Gasteiger charge is -2.37. The number of phenolic OH excluding ortho intramolecular Hbond substituents is 1. The number of carbonyl (C=O) groups excluding carboxylic acids is 1. The minimum atomic E-state index is -4.21. The molecule has 0 fully saturated rings. The third-order valence-corrected chi connectivity index (χ3v) is 8.66. The zero-order chi connectivity index (χ0) is 27.6. The summed E-state index contributed by atoms with van der Waals surface area (Å²) in [5.74, 6) is -0.271. The van der Waals surface area contributed by atoms with E-state index in [9.17, 15) is 23.4 Å². The number of ketones is 1. The Labute approximate surface area is 221 Å². The molecule has 2 N–H and O–H groups in total. The Kier molecular flexibility index (Phi) is 6.00. The van der Waals surface area contributed by atoms with Gasteiger partial charge in [-0.1, -0.05) is 17.7 Å². The van der Waals surface area contributed by atoms with Crippen molar-refractivity contribution < 1.29 is 37.1 Å². The molecule has 2 aliphatic rings. The second-order valence-electron chi connectivity index (χ2n) is 10.7. The van der Waals surface area contributed by atoms with Crippen LogP contribution in [0.15, 0.2) is 47.4 Å². The summed E-state index contributed by atoms with van der Waals surface area (Å²) in [4.78, 5) is 13.5. The van der Waals surface area contributed by atoms with E-state index in [2.05, 4.69) is 0 Å². The third kappa shape index (κ3) is 4.29. The topological polar surface area (TPSA) is 119 Å². The average Bonchev–Trinajstić information content (AvgIpc) is 2.79. The molecule has 8 nitrogen and oxygen atoms in total. The van der Waals surface area contributed by atoms with Gasteiger partial charge in [-0.25, -0.2) is 0 Å². The van der Waals surface area contributed by atoms with Gasteiger partial charge in [0.2, 0.25) is 5.78 Å². The second kappa shape index (κ2) is 8.74. The monoisotopic (exact) mass is 538 g/mol. The lowest BCUT2D eigenvalue weighted by molar-refractivity contribution is -0.00724. The molecule has 2 aliphatic heterocycles. The van der Waals surface area contributed by atoms with Crippen LogP contribution in [0.25, 0.3) is 0 Å². The van der Waals surface area contributed by atoms with E-state index in [4.69, 9.17) is 13.7 Å². The van der Waals surface area contributed by atoms with E-state index in [1.807, 2.05) is 20.8 Å². The first-order chi connectivity index (χ1) is 17.7. The summed E-state index contributed by atoms with van der Waals surface area (Å²) in [6.45, 7) is 8.80. The van der Waals surface area contributed by atoms with Crippen LogP contribution in [0.4, 0.5) is 0 Å². The van der Waals surface area contributed by atoms with Crippen LogP contribution in [-0.2, 0) is 22.1 Å². The standard InChI is InChI=1S/C29H30O8S/c1-16-12-17(2)26(18(3)13-16)38(33,34)37-19-6-8-22(23(30)14-19)29(32)15-35-25-20-10-11-28(4,5)36-24(20)9-7-21(25)27(29)31/h6-9,12-14,30,32H,10-11,15H2,1-5H3. The number of aromatic hydroxyl groups is 1. The fourth-order valence-corrected chi connectivity index (χ4v) is 6.71. The number of rotatable bonds is 4. The molecular weight excluding hydrogens is 508 g/mol. The van der Waals surface area contributed by atoms with Crippen LogP contribution in [0.5, 0.6) is 23.0 Å². The van der Waals surface area contributed by atoms with E-state index in [1.54, 1.807) is 38.1 Å². The molecule has 5 rings (SSSR count). The zero-order valence-corrected chi connectivity index (χ0v) is 22.7. The zero-order valence-electron chi connectivity index (χ0n) is 21.9. The molecule has 0 radical (unpaired) electrons. The predicted octanol–water partition coefficient (Wildman–Crippen LogP) is 4.65. The van der Waals surface area contributed by atoms with Crippen LogP contribution in [0.2, 0.25) is 0 Å². The lowest BCUT2D eigenvalue weighted by Crippen LogP contribution is -2.45. The fraction of sp³-hybridized carbons (Fsp3) is 0.345. The van der Waals surface area contributed by atoms with Crippen molar-refractivity contribution >= 4 is 15.9 Å². The van der Waals surface area contributed by atoms with Crippen LogP contribution in [0.3, 0.4) is 0 Å². The van der Waals surface area contributed by atoms with Gasteiger partial charge in [-0.15, -0.1) is 0 Å². The minimum Gasteiger partial charge on any atom is -0.507 e. The molecule has 0 amide bonds. The number of ether oxygens (including phenoxy) is 2. The Morgan fingerprint density at radius 1 is 1.00 bits per heavy atom. The molecule has 0 saturated carbocycles. The summed E-state index contributed by atoms with van der Waals surface area (Å²) in [5, 5.41) is 22.2. The van der Waals surface area contributed by atoms with Gasteiger partial charge in [0.1, 0.15) is 40.1 Å². The molecule has 0 aromatic heterocycles. The van der Waals surface area contributed by atoms with E-state index < -0.39 is 33.9 Å². The molecule has 200 valence electrons. The van der Waals surface area contributed by atoms with Gasteiger partial charge in [0.25, 0.3) is 0 Å². The van der Waals surface area contributed by atoms with Gasteiger partial charge in [-0.05, 0) is 82.9 Å². The normalized spacial score (nSPS) is 20.1. The number of phenols is 1.